The third-order valence-corrected chi connectivity index (χ3v) is 3.87. The molecule has 0 bridgehead atoms. The van der Waals surface area contributed by atoms with E-state index >= 15 is 0 Å². The number of benzene rings is 2. The summed E-state index contributed by atoms with van der Waals surface area (Å²) in [5, 5.41) is 21.6. The van der Waals surface area contributed by atoms with E-state index in [1.54, 1.807) is 24.4 Å². The molecule has 2 aromatic carbocycles. The minimum absolute atomic E-state index is 0.0618. The maximum atomic E-state index is 10.8. The molecule has 0 fully saturated rings. The van der Waals surface area contributed by atoms with Crippen LogP contribution in [0.15, 0.2) is 41.5 Å². The fourth-order valence-electron chi connectivity index (χ4n) is 1.93. The second-order valence-corrected chi connectivity index (χ2v) is 5.90. The van der Waals surface area contributed by atoms with Crippen LogP contribution in [0.1, 0.15) is 15.9 Å². The molecule has 0 radical (unpaired) electrons. The predicted octanol–water partition coefficient (Wildman–Crippen LogP) is 3.35. The summed E-state index contributed by atoms with van der Waals surface area (Å²) in [4.78, 5) is 10.8. The quantitative estimate of drug-likeness (QED) is 0.380. The van der Waals surface area contributed by atoms with Crippen molar-refractivity contribution in [3.8, 4) is 17.6 Å². The number of nitrogens with zero attached hydrogens (tertiary/aromatic N) is 2. The number of aromatic carboxylic acids is 1. The van der Waals surface area contributed by atoms with Crippen LogP contribution in [0.2, 0.25) is 0 Å². The third-order valence-electron chi connectivity index (χ3n) is 3.07. The molecule has 2 rings (SSSR count). The number of carbonyl (C=O) groups is 1. The van der Waals surface area contributed by atoms with Gasteiger partial charge in [-0.3, -0.25) is 5.43 Å². The maximum Gasteiger partial charge on any atom is 0.335 e. The van der Waals surface area contributed by atoms with Crippen molar-refractivity contribution in [2.24, 2.45) is 5.10 Å². The summed E-state index contributed by atoms with van der Waals surface area (Å²) in [7, 11) is 1.52. The van der Waals surface area contributed by atoms with Crippen LogP contribution in [-0.2, 0) is 0 Å². The number of hydrogen-bond donors (Lipinski definition) is 2. The molecule has 0 unspecified atom stereocenters. The van der Waals surface area contributed by atoms with Gasteiger partial charge in [0.15, 0.2) is 18.1 Å². The average Bonchev–Trinajstić information content (AvgIpc) is 2.61. The zero-order chi connectivity index (χ0) is 18.2. The Balaban J connectivity index is 2.11. The number of methoxy groups -OCH3 is 1. The Bertz CT molecular complexity index is 829. The van der Waals surface area contributed by atoms with Crippen LogP contribution in [0.25, 0.3) is 0 Å². The molecule has 0 aliphatic carbocycles. The fourth-order valence-corrected chi connectivity index (χ4v) is 2.71. The van der Waals surface area contributed by atoms with Gasteiger partial charge in [0.1, 0.15) is 6.07 Å². The van der Waals surface area contributed by atoms with Crippen LogP contribution in [0.3, 0.4) is 0 Å². The third kappa shape index (κ3) is 5.09. The number of carboxylic acid groups (broad SMARTS) is 1. The van der Waals surface area contributed by atoms with Gasteiger partial charge in [-0.2, -0.15) is 10.4 Å². The number of anilines is 1. The molecule has 2 N–H and O–H groups in total. The number of hydrazone groups is 1. The van der Waals surface area contributed by atoms with Crippen LogP contribution < -0.4 is 14.9 Å². The van der Waals surface area contributed by atoms with Gasteiger partial charge in [-0.05, 0) is 64.6 Å². The number of hydrogen-bond acceptors (Lipinski definition) is 6. The molecule has 0 aliphatic rings. The van der Waals surface area contributed by atoms with E-state index < -0.39 is 5.97 Å². The first-order valence-corrected chi connectivity index (χ1v) is 8.12. The van der Waals surface area contributed by atoms with Crippen LogP contribution >= 0.6 is 22.6 Å². The molecule has 0 spiro atoms. The van der Waals surface area contributed by atoms with Crippen molar-refractivity contribution in [1.82, 2.24) is 0 Å². The summed E-state index contributed by atoms with van der Waals surface area (Å²) >= 11 is 2.10. The van der Waals surface area contributed by atoms with E-state index in [9.17, 15) is 4.79 Å². The first kappa shape index (κ1) is 18.5. The maximum absolute atomic E-state index is 10.8. The average molecular weight is 451 g/mol. The number of halogens is 1. The van der Waals surface area contributed by atoms with Crippen molar-refractivity contribution in [1.29, 1.82) is 5.26 Å². The normalized spacial score (nSPS) is 10.3. The van der Waals surface area contributed by atoms with Crippen LogP contribution in [0.5, 0.6) is 11.5 Å². The van der Waals surface area contributed by atoms with E-state index in [0.717, 1.165) is 9.13 Å². The zero-order valence-electron chi connectivity index (χ0n) is 13.2. The fraction of sp³-hybridized carbons (Fsp3) is 0.118. The van der Waals surface area contributed by atoms with Crippen molar-refractivity contribution in [2.75, 3.05) is 19.1 Å². The van der Waals surface area contributed by atoms with E-state index in [1.165, 1.54) is 19.2 Å². The lowest BCUT2D eigenvalue weighted by atomic mass is 10.2. The van der Waals surface area contributed by atoms with E-state index in [0.29, 0.717) is 17.2 Å². The number of nitrogens with one attached hydrogen (secondary N) is 1. The Morgan fingerprint density at radius 1 is 1.40 bits per heavy atom. The lowest BCUT2D eigenvalue weighted by Crippen LogP contribution is -2.00. The molecule has 0 heterocycles. The van der Waals surface area contributed by atoms with E-state index in [2.05, 4.69) is 33.1 Å². The molecule has 0 aliphatic heterocycles. The molecule has 0 aromatic heterocycles. The molecule has 0 saturated carbocycles. The first-order chi connectivity index (χ1) is 12.0. The Kier molecular flexibility index (Phi) is 6.59. The second-order valence-electron chi connectivity index (χ2n) is 4.73. The van der Waals surface area contributed by atoms with Crippen molar-refractivity contribution in [3.63, 3.8) is 0 Å². The lowest BCUT2D eigenvalue weighted by molar-refractivity contribution is 0.0697. The van der Waals surface area contributed by atoms with Crippen molar-refractivity contribution < 1.29 is 19.4 Å². The van der Waals surface area contributed by atoms with Crippen molar-refractivity contribution >= 4 is 40.5 Å². The standard InChI is InChI=1S/C17H14IN3O4/c1-24-15-9-11(8-14(18)16(15)25-7-6-19)10-20-21-13-4-2-12(3-5-13)17(22)23/h2-5,8-10,21H,7H2,1H3,(H,22,23). The molecule has 8 heteroatoms. The van der Waals surface area contributed by atoms with E-state index in [-0.39, 0.29) is 12.2 Å². The van der Waals surface area contributed by atoms with Crippen molar-refractivity contribution in [3.05, 3.63) is 51.1 Å². The molecule has 0 amide bonds. The summed E-state index contributed by atoms with van der Waals surface area (Å²) in [6, 6.07) is 11.7. The summed E-state index contributed by atoms with van der Waals surface area (Å²) in [5.41, 5.74) is 4.48. The zero-order valence-corrected chi connectivity index (χ0v) is 15.4. The molecule has 0 atom stereocenters. The minimum Gasteiger partial charge on any atom is -0.493 e. The Labute approximate surface area is 158 Å². The smallest absolute Gasteiger partial charge is 0.335 e. The van der Waals surface area contributed by atoms with Gasteiger partial charge in [-0.1, -0.05) is 0 Å². The van der Waals surface area contributed by atoms with Gasteiger partial charge in [-0.15, -0.1) is 0 Å². The van der Waals surface area contributed by atoms with Crippen LogP contribution in [0, 0.1) is 14.9 Å². The largest absolute Gasteiger partial charge is 0.493 e. The molecular formula is C17H14IN3O4. The van der Waals surface area contributed by atoms with Crippen molar-refractivity contribution in [2.45, 2.75) is 0 Å². The van der Waals surface area contributed by atoms with E-state index in [1.807, 2.05) is 12.1 Å². The summed E-state index contributed by atoms with van der Waals surface area (Å²) in [6.45, 7) is -0.0618. The van der Waals surface area contributed by atoms with Gasteiger partial charge < -0.3 is 14.6 Å². The SMILES string of the molecule is COc1cc(C=NNc2ccc(C(=O)O)cc2)cc(I)c1OCC#N. The van der Waals surface area contributed by atoms with Gasteiger partial charge in [0.2, 0.25) is 0 Å². The molecule has 0 saturated heterocycles. The van der Waals surface area contributed by atoms with Gasteiger partial charge in [0.25, 0.3) is 0 Å². The highest BCUT2D eigenvalue weighted by Gasteiger charge is 2.11. The van der Waals surface area contributed by atoms with Crippen LogP contribution in [-0.4, -0.2) is 31.0 Å². The highest BCUT2D eigenvalue weighted by Crippen LogP contribution is 2.33. The number of carboxylic acids is 1. The van der Waals surface area contributed by atoms with Gasteiger partial charge in [0, 0.05) is 0 Å². The molecule has 7 nitrogen and oxygen atoms in total. The Hall–Kier alpha value is -2.80. The number of nitriles is 1. The Morgan fingerprint density at radius 2 is 2.12 bits per heavy atom. The molecule has 2 aromatic rings. The van der Waals surface area contributed by atoms with Crippen LogP contribution in [0.4, 0.5) is 5.69 Å². The lowest BCUT2D eigenvalue weighted by Gasteiger charge is -2.11. The predicted molar refractivity (Wildman–Crippen MR) is 101 cm³/mol. The second kappa shape index (κ2) is 8.89. The topological polar surface area (TPSA) is 104 Å². The highest BCUT2D eigenvalue weighted by molar-refractivity contribution is 14.1. The van der Waals surface area contributed by atoms with Gasteiger partial charge >= 0.3 is 5.97 Å². The Morgan fingerprint density at radius 3 is 2.72 bits per heavy atom. The summed E-state index contributed by atoms with van der Waals surface area (Å²) in [5.74, 6) is 0.0452. The molecular weight excluding hydrogens is 437 g/mol. The van der Waals surface area contributed by atoms with Gasteiger partial charge in [0.05, 0.1) is 28.1 Å². The molecule has 128 valence electrons. The molecule has 25 heavy (non-hydrogen) atoms. The van der Waals surface area contributed by atoms with E-state index in [4.69, 9.17) is 19.8 Å². The number of rotatable bonds is 7. The first-order valence-electron chi connectivity index (χ1n) is 7.05. The minimum atomic E-state index is -0.976. The number of ether oxygens (including phenoxy) is 2. The monoisotopic (exact) mass is 451 g/mol. The highest BCUT2D eigenvalue weighted by atomic mass is 127. The van der Waals surface area contributed by atoms with Gasteiger partial charge in [-0.25, -0.2) is 4.79 Å². The summed E-state index contributed by atoms with van der Waals surface area (Å²) < 4.78 is 11.4. The summed E-state index contributed by atoms with van der Waals surface area (Å²) in [6.07, 6.45) is 1.60.